The number of rotatable bonds is 9. The van der Waals surface area contributed by atoms with Gasteiger partial charge in [0.05, 0.1) is 34.3 Å². The van der Waals surface area contributed by atoms with E-state index < -0.39 is 28.4 Å². The summed E-state index contributed by atoms with van der Waals surface area (Å²) >= 11 is 3.32. The first kappa shape index (κ1) is 27.2. The third kappa shape index (κ3) is 6.24. The fraction of sp³-hybridized carbons (Fsp3) is 0.231. The van der Waals surface area contributed by atoms with E-state index in [9.17, 15) is 18.0 Å². The maximum atomic E-state index is 13.7. The Morgan fingerprint density at radius 3 is 2.31 bits per heavy atom. The molecule has 0 saturated heterocycles. The van der Waals surface area contributed by atoms with Crippen LogP contribution in [0, 0.1) is 13.8 Å². The Morgan fingerprint density at radius 2 is 1.69 bits per heavy atom. The first-order chi connectivity index (χ1) is 17.1. The maximum Gasteiger partial charge on any atom is 0.338 e. The molecular weight excluding hydrogens is 548 g/mol. The zero-order valence-corrected chi connectivity index (χ0v) is 22.8. The van der Waals surface area contributed by atoms with Gasteiger partial charge in [-0.1, -0.05) is 23.8 Å². The van der Waals surface area contributed by atoms with Gasteiger partial charge in [0.1, 0.15) is 12.3 Å². The number of carbonyl (C=O) groups excluding carboxylic acids is 2. The summed E-state index contributed by atoms with van der Waals surface area (Å²) in [7, 11) is -2.65. The van der Waals surface area contributed by atoms with Crippen molar-refractivity contribution in [1.82, 2.24) is 0 Å². The van der Waals surface area contributed by atoms with Gasteiger partial charge in [-0.15, -0.1) is 0 Å². The van der Waals surface area contributed by atoms with Crippen molar-refractivity contribution in [3.8, 4) is 5.75 Å². The van der Waals surface area contributed by atoms with Crippen LogP contribution < -0.4 is 14.4 Å². The van der Waals surface area contributed by atoms with Crippen LogP contribution in [-0.4, -0.2) is 40.6 Å². The lowest BCUT2D eigenvalue weighted by Crippen LogP contribution is -2.38. The molecule has 0 saturated carbocycles. The van der Waals surface area contributed by atoms with E-state index in [0.717, 1.165) is 9.87 Å². The third-order valence-corrected chi connectivity index (χ3v) is 7.73. The third-order valence-electron chi connectivity index (χ3n) is 5.34. The normalized spacial score (nSPS) is 11.0. The van der Waals surface area contributed by atoms with E-state index in [-0.39, 0.29) is 17.1 Å². The molecule has 0 bridgehead atoms. The molecule has 10 heteroatoms. The Balaban J connectivity index is 1.95. The second-order valence-corrected chi connectivity index (χ2v) is 10.7. The highest BCUT2D eigenvalue weighted by molar-refractivity contribution is 9.10. The number of anilines is 2. The molecule has 0 fully saturated rings. The minimum atomic E-state index is -4.13. The molecule has 1 amide bonds. The smallest absolute Gasteiger partial charge is 0.338 e. The number of carbonyl (C=O) groups is 2. The number of hydrogen-bond acceptors (Lipinski definition) is 6. The predicted octanol–water partition coefficient (Wildman–Crippen LogP) is 5.09. The molecule has 0 heterocycles. The van der Waals surface area contributed by atoms with Crippen LogP contribution in [0.4, 0.5) is 11.4 Å². The van der Waals surface area contributed by atoms with Crippen LogP contribution in [0.3, 0.4) is 0 Å². The zero-order valence-electron chi connectivity index (χ0n) is 20.4. The molecule has 3 rings (SSSR count). The fourth-order valence-corrected chi connectivity index (χ4v) is 5.52. The number of nitrogens with one attached hydrogen (secondary N) is 1. The van der Waals surface area contributed by atoms with Gasteiger partial charge >= 0.3 is 5.97 Å². The Bertz CT molecular complexity index is 1370. The lowest BCUT2D eigenvalue weighted by atomic mass is 10.1. The van der Waals surface area contributed by atoms with Crippen molar-refractivity contribution >= 4 is 49.2 Å². The van der Waals surface area contributed by atoms with E-state index in [1.54, 1.807) is 50.2 Å². The second kappa shape index (κ2) is 11.6. The van der Waals surface area contributed by atoms with E-state index in [1.807, 2.05) is 6.92 Å². The van der Waals surface area contributed by atoms with Gasteiger partial charge in [0.2, 0.25) is 5.91 Å². The van der Waals surface area contributed by atoms with Crippen LogP contribution in [-0.2, 0) is 19.6 Å². The molecule has 0 atom stereocenters. The Labute approximate surface area is 219 Å². The average molecular weight is 575 g/mol. The summed E-state index contributed by atoms with van der Waals surface area (Å²) in [5, 5.41) is 2.73. The standard InChI is InChI=1S/C26H27BrN2O6S/c1-5-35-26(31)19-9-8-18(3)23(14-19)28-25(30)16-29(20-10-6-17(2)7-11-20)36(32,33)21-12-13-24(34-4)22(27)15-21/h6-15H,5,16H2,1-4H3,(H,28,30). The molecule has 0 spiro atoms. The summed E-state index contributed by atoms with van der Waals surface area (Å²) in [6.07, 6.45) is 0. The first-order valence-electron chi connectivity index (χ1n) is 11.1. The number of hydrogen-bond donors (Lipinski definition) is 1. The summed E-state index contributed by atoms with van der Waals surface area (Å²) in [6, 6.07) is 16.0. The minimum absolute atomic E-state index is 0.0101. The summed E-state index contributed by atoms with van der Waals surface area (Å²) in [5.74, 6) is -0.608. The van der Waals surface area contributed by atoms with Gasteiger partial charge in [-0.2, -0.15) is 0 Å². The summed E-state index contributed by atoms with van der Waals surface area (Å²) in [4.78, 5) is 25.2. The fourth-order valence-electron chi connectivity index (χ4n) is 3.38. The van der Waals surface area contributed by atoms with Crippen molar-refractivity contribution in [2.24, 2.45) is 0 Å². The minimum Gasteiger partial charge on any atom is -0.496 e. The van der Waals surface area contributed by atoms with Gasteiger partial charge in [-0.05, 0) is 84.7 Å². The molecule has 1 N–H and O–H groups in total. The number of amides is 1. The quantitative estimate of drug-likeness (QED) is 0.357. The molecule has 36 heavy (non-hydrogen) atoms. The van der Waals surface area contributed by atoms with Gasteiger partial charge in [0, 0.05) is 5.69 Å². The highest BCUT2D eigenvalue weighted by Gasteiger charge is 2.28. The van der Waals surface area contributed by atoms with Gasteiger partial charge in [0.25, 0.3) is 10.0 Å². The lowest BCUT2D eigenvalue weighted by molar-refractivity contribution is -0.114. The maximum absolute atomic E-state index is 13.7. The molecule has 0 radical (unpaired) electrons. The van der Waals surface area contributed by atoms with Crippen molar-refractivity contribution in [1.29, 1.82) is 0 Å². The van der Waals surface area contributed by atoms with Crippen molar-refractivity contribution in [2.45, 2.75) is 25.7 Å². The molecule has 8 nitrogen and oxygen atoms in total. The van der Waals surface area contributed by atoms with E-state index >= 15 is 0 Å². The van der Waals surface area contributed by atoms with Crippen molar-refractivity contribution in [3.05, 3.63) is 81.8 Å². The summed E-state index contributed by atoms with van der Waals surface area (Å²) in [5.41, 5.74) is 2.65. The zero-order chi connectivity index (χ0) is 26.5. The van der Waals surface area contributed by atoms with Gasteiger partial charge in [-0.3, -0.25) is 9.10 Å². The number of ether oxygens (including phenoxy) is 2. The van der Waals surface area contributed by atoms with Crippen LogP contribution in [0.25, 0.3) is 0 Å². The highest BCUT2D eigenvalue weighted by atomic mass is 79.9. The molecular formula is C26H27BrN2O6S. The number of sulfonamides is 1. The monoisotopic (exact) mass is 574 g/mol. The largest absolute Gasteiger partial charge is 0.496 e. The van der Waals surface area contributed by atoms with Crippen LogP contribution in [0.1, 0.15) is 28.4 Å². The lowest BCUT2D eigenvalue weighted by Gasteiger charge is -2.25. The van der Waals surface area contributed by atoms with Crippen LogP contribution in [0.2, 0.25) is 0 Å². The summed E-state index contributed by atoms with van der Waals surface area (Å²) in [6.45, 7) is 5.09. The van der Waals surface area contributed by atoms with E-state index in [0.29, 0.717) is 27.2 Å². The second-order valence-electron chi connectivity index (χ2n) is 7.94. The molecule has 0 aliphatic carbocycles. The van der Waals surface area contributed by atoms with Gasteiger partial charge in [0.15, 0.2) is 0 Å². The Hall–Kier alpha value is -3.37. The number of esters is 1. The number of benzene rings is 3. The van der Waals surface area contributed by atoms with E-state index in [1.165, 1.54) is 31.4 Å². The van der Waals surface area contributed by atoms with Gasteiger partial charge < -0.3 is 14.8 Å². The Kier molecular flexibility index (Phi) is 8.75. The molecule has 0 aliphatic rings. The number of halogens is 1. The molecule has 0 aromatic heterocycles. The van der Waals surface area contributed by atoms with Crippen LogP contribution in [0.5, 0.6) is 5.75 Å². The van der Waals surface area contributed by atoms with Crippen molar-refractivity contribution in [3.63, 3.8) is 0 Å². The highest BCUT2D eigenvalue weighted by Crippen LogP contribution is 2.31. The first-order valence-corrected chi connectivity index (χ1v) is 13.3. The molecule has 190 valence electrons. The summed E-state index contributed by atoms with van der Waals surface area (Å²) < 4.78 is 39.1. The number of nitrogens with zero attached hydrogens (tertiary/aromatic N) is 1. The average Bonchev–Trinajstić information content (AvgIpc) is 2.84. The Morgan fingerprint density at radius 1 is 1.00 bits per heavy atom. The predicted molar refractivity (Wildman–Crippen MR) is 142 cm³/mol. The van der Waals surface area contributed by atoms with E-state index in [2.05, 4.69) is 21.2 Å². The molecule has 3 aromatic rings. The van der Waals surface area contributed by atoms with E-state index in [4.69, 9.17) is 9.47 Å². The molecule has 0 aliphatic heterocycles. The van der Waals surface area contributed by atoms with Crippen molar-refractivity contribution in [2.75, 3.05) is 29.9 Å². The molecule has 3 aromatic carbocycles. The van der Waals surface area contributed by atoms with Gasteiger partial charge in [-0.25, -0.2) is 13.2 Å². The molecule has 0 unspecified atom stereocenters. The number of methoxy groups -OCH3 is 1. The number of aryl methyl sites for hydroxylation is 2. The van der Waals surface area contributed by atoms with Crippen LogP contribution in [0.15, 0.2) is 70.0 Å². The van der Waals surface area contributed by atoms with Crippen molar-refractivity contribution < 1.29 is 27.5 Å². The SMILES string of the molecule is CCOC(=O)c1ccc(C)c(NC(=O)CN(c2ccc(C)cc2)S(=O)(=O)c2ccc(OC)c(Br)c2)c1. The topological polar surface area (TPSA) is 102 Å². The van der Waals surface area contributed by atoms with Crippen LogP contribution >= 0.6 is 15.9 Å².